The molecular weight excluding hydrogens is 216 g/mol. The Kier molecular flexibility index (Phi) is 2.76. The third-order valence-corrected chi connectivity index (χ3v) is 4.46. The van der Waals surface area contributed by atoms with E-state index in [1.165, 1.54) is 16.8 Å². The molecule has 0 bridgehead atoms. The Hall–Kier alpha value is -0.920. The van der Waals surface area contributed by atoms with E-state index in [2.05, 4.69) is 9.97 Å². The van der Waals surface area contributed by atoms with Crippen molar-refractivity contribution < 1.29 is 8.42 Å². The lowest BCUT2D eigenvalue weighted by molar-refractivity contribution is 0.457. The second kappa shape index (κ2) is 3.92. The predicted molar refractivity (Wildman–Crippen MR) is 54.5 cm³/mol. The molecule has 7 heteroatoms. The topological polar surface area (TPSA) is 92.1 Å². The van der Waals surface area contributed by atoms with Crippen LogP contribution >= 0.6 is 0 Å². The lowest BCUT2D eigenvalue weighted by atomic mass is 10.1. The summed E-state index contributed by atoms with van der Waals surface area (Å²) < 4.78 is 25.4. The number of nitrogens with two attached hydrogens (primary N) is 1. The van der Waals surface area contributed by atoms with Crippen LogP contribution in [0.25, 0.3) is 0 Å². The van der Waals surface area contributed by atoms with Crippen molar-refractivity contribution >= 4 is 10.0 Å². The monoisotopic (exact) mass is 230 g/mol. The molecule has 1 unspecified atom stereocenters. The molecule has 1 fully saturated rings. The molecule has 0 aromatic carbocycles. The van der Waals surface area contributed by atoms with Crippen molar-refractivity contribution in [2.45, 2.75) is 11.4 Å². The van der Waals surface area contributed by atoms with E-state index in [1.807, 2.05) is 0 Å². The van der Waals surface area contributed by atoms with Gasteiger partial charge in [0, 0.05) is 13.1 Å². The molecule has 1 atom stereocenters. The first-order chi connectivity index (χ1) is 7.14. The van der Waals surface area contributed by atoms with E-state index in [4.69, 9.17) is 5.73 Å². The molecule has 1 aliphatic heterocycles. The average Bonchev–Trinajstić information content (AvgIpc) is 2.89. The maximum absolute atomic E-state index is 12.0. The molecule has 15 heavy (non-hydrogen) atoms. The Morgan fingerprint density at radius 2 is 2.47 bits per heavy atom. The third kappa shape index (κ3) is 1.90. The summed E-state index contributed by atoms with van der Waals surface area (Å²) in [5, 5.41) is 0.153. The highest BCUT2D eigenvalue weighted by Gasteiger charge is 2.32. The number of aromatic nitrogens is 2. The molecule has 0 aliphatic carbocycles. The molecular formula is C8H14N4O2S. The van der Waals surface area contributed by atoms with E-state index in [1.54, 1.807) is 0 Å². The van der Waals surface area contributed by atoms with Gasteiger partial charge >= 0.3 is 0 Å². The van der Waals surface area contributed by atoms with E-state index < -0.39 is 10.0 Å². The van der Waals surface area contributed by atoms with Gasteiger partial charge in [-0.25, -0.2) is 13.4 Å². The smallest absolute Gasteiger partial charge is 0.260 e. The summed E-state index contributed by atoms with van der Waals surface area (Å²) in [4.78, 5) is 6.33. The van der Waals surface area contributed by atoms with Crippen molar-refractivity contribution in [1.82, 2.24) is 14.3 Å². The maximum Gasteiger partial charge on any atom is 0.260 e. The minimum atomic E-state index is -3.38. The summed E-state index contributed by atoms with van der Waals surface area (Å²) in [5.74, 6) is 0.280. The highest BCUT2D eigenvalue weighted by molar-refractivity contribution is 7.89. The normalized spacial score (nSPS) is 23.4. The predicted octanol–water partition coefficient (Wildman–Crippen LogP) is -0.621. The molecule has 1 aromatic rings. The van der Waals surface area contributed by atoms with Crippen LogP contribution in [0.5, 0.6) is 0 Å². The van der Waals surface area contributed by atoms with Crippen molar-refractivity contribution in [3.05, 3.63) is 12.5 Å². The summed E-state index contributed by atoms with van der Waals surface area (Å²) in [6.07, 6.45) is 3.53. The van der Waals surface area contributed by atoms with Gasteiger partial charge in [-0.3, -0.25) is 0 Å². The first kappa shape index (κ1) is 10.6. The largest absolute Gasteiger partial charge is 0.335 e. The molecule has 84 valence electrons. The number of hydrogen-bond donors (Lipinski definition) is 2. The third-order valence-electron chi connectivity index (χ3n) is 2.67. The summed E-state index contributed by atoms with van der Waals surface area (Å²) in [6.45, 7) is 1.59. The fraction of sp³-hybridized carbons (Fsp3) is 0.625. The molecule has 0 radical (unpaired) electrons. The van der Waals surface area contributed by atoms with Gasteiger partial charge < -0.3 is 10.7 Å². The van der Waals surface area contributed by atoms with Gasteiger partial charge in [0.05, 0.1) is 12.5 Å². The van der Waals surface area contributed by atoms with Gasteiger partial charge in [-0.1, -0.05) is 0 Å². The summed E-state index contributed by atoms with van der Waals surface area (Å²) in [5.41, 5.74) is 5.52. The van der Waals surface area contributed by atoms with Crippen LogP contribution in [-0.4, -0.2) is 42.3 Å². The fourth-order valence-electron chi connectivity index (χ4n) is 1.73. The van der Waals surface area contributed by atoms with Gasteiger partial charge in [0.1, 0.15) is 0 Å². The number of nitrogens with zero attached hydrogens (tertiary/aromatic N) is 2. The van der Waals surface area contributed by atoms with Crippen molar-refractivity contribution in [2.24, 2.45) is 11.7 Å². The first-order valence-electron chi connectivity index (χ1n) is 4.83. The minimum absolute atomic E-state index is 0.153. The molecule has 1 saturated heterocycles. The summed E-state index contributed by atoms with van der Waals surface area (Å²) in [6, 6.07) is 0. The zero-order valence-electron chi connectivity index (χ0n) is 8.26. The second-order valence-electron chi connectivity index (χ2n) is 3.67. The van der Waals surface area contributed by atoms with Crippen LogP contribution in [0.3, 0.4) is 0 Å². The van der Waals surface area contributed by atoms with Crippen LogP contribution in [0.4, 0.5) is 0 Å². The van der Waals surface area contributed by atoms with Crippen LogP contribution in [0.2, 0.25) is 0 Å². The van der Waals surface area contributed by atoms with Crippen molar-refractivity contribution in [2.75, 3.05) is 19.6 Å². The van der Waals surface area contributed by atoms with Gasteiger partial charge in [-0.2, -0.15) is 4.31 Å². The Balaban J connectivity index is 2.18. The van der Waals surface area contributed by atoms with Crippen LogP contribution in [0.15, 0.2) is 17.6 Å². The van der Waals surface area contributed by atoms with Crippen molar-refractivity contribution in [3.63, 3.8) is 0 Å². The van der Waals surface area contributed by atoms with Crippen LogP contribution < -0.4 is 5.73 Å². The van der Waals surface area contributed by atoms with E-state index in [0.717, 1.165) is 6.42 Å². The molecule has 3 N–H and O–H groups in total. The first-order valence-corrected chi connectivity index (χ1v) is 6.27. The standard InChI is InChI=1S/C8H14N4O2S/c9-3-7-1-2-12(5-7)15(13,14)8-4-10-6-11-8/h4,6-7H,1-3,5,9H2,(H,10,11). The molecule has 0 spiro atoms. The van der Waals surface area contributed by atoms with Crippen LogP contribution in [0, 0.1) is 5.92 Å². The quantitative estimate of drug-likeness (QED) is 0.723. The summed E-state index contributed by atoms with van der Waals surface area (Å²) >= 11 is 0. The number of nitrogens with one attached hydrogen (secondary N) is 1. The van der Waals surface area contributed by atoms with Crippen LogP contribution in [0.1, 0.15) is 6.42 Å². The van der Waals surface area contributed by atoms with Crippen molar-refractivity contribution in [1.29, 1.82) is 0 Å². The highest BCUT2D eigenvalue weighted by atomic mass is 32.2. The van der Waals surface area contributed by atoms with Gasteiger partial charge in [0.2, 0.25) is 0 Å². The number of H-pyrrole nitrogens is 1. The number of aromatic amines is 1. The number of imidazole rings is 1. The average molecular weight is 230 g/mol. The zero-order valence-corrected chi connectivity index (χ0v) is 9.07. The molecule has 2 rings (SSSR count). The second-order valence-corrected chi connectivity index (χ2v) is 5.58. The molecule has 0 amide bonds. The number of sulfonamides is 1. The Labute approximate surface area is 88.5 Å². The SMILES string of the molecule is NCC1CCN(S(=O)(=O)c2cnc[nH]2)C1. The molecule has 2 heterocycles. The lowest BCUT2D eigenvalue weighted by Crippen LogP contribution is -2.30. The minimum Gasteiger partial charge on any atom is -0.335 e. The Bertz CT molecular complexity index is 414. The van der Waals surface area contributed by atoms with E-state index in [9.17, 15) is 8.42 Å². The number of rotatable bonds is 3. The Morgan fingerprint density at radius 1 is 1.67 bits per heavy atom. The van der Waals surface area contributed by atoms with Gasteiger partial charge in [0.15, 0.2) is 5.03 Å². The molecule has 1 aromatic heterocycles. The van der Waals surface area contributed by atoms with Crippen LogP contribution in [-0.2, 0) is 10.0 Å². The van der Waals surface area contributed by atoms with Gasteiger partial charge in [-0.15, -0.1) is 0 Å². The van der Waals surface area contributed by atoms with E-state index in [-0.39, 0.29) is 10.9 Å². The number of hydrogen-bond acceptors (Lipinski definition) is 4. The fourth-order valence-corrected chi connectivity index (χ4v) is 3.16. The summed E-state index contributed by atoms with van der Waals surface area (Å²) in [7, 11) is -3.38. The molecule has 1 aliphatic rings. The lowest BCUT2D eigenvalue weighted by Gasteiger charge is -2.14. The highest BCUT2D eigenvalue weighted by Crippen LogP contribution is 2.22. The zero-order chi connectivity index (χ0) is 10.9. The van der Waals surface area contributed by atoms with Gasteiger partial charge in [0.25, 0.3) is 10.0 Å². The molecule has 6 nitrogen and oxygen atoms in total. The Morgan fingerprint density at radius 3 is 3.00 bits per heavy atom. The van der Waals surface area contributed by atoms with Gasteiger partial charge in [-0.05, 0) is 18.9 Å². The van der Waals surface area contributed by atoms with Crippen molar-refractivity contribution in [3.8, 4) is 0 Å². The van der Waals surface area contributed by atoms with E-state index in [0.29, 0.717) is 19.6 Å². The molecule has 0 saturated carbocycles. The maximum atomic E-state index is 12.0. The van der Waals surface area contributed by atoms with E-state index >= 15 is 0 Å².